The second-order valence-electron chi connectivity index (χ2n) is 5.86. The highest BCUT2D eigenvalue weighted by molar-refractivity contribution is 5.95. The predicted octanol–water partition coefficient (Wildman–Crippen LogP) is 0.694. The van der Waals surface area contributed by atoms with Gasteiger partial charge in [0.05, 0.1) is 5.56 Å². The SMILES string of the molecule is NC(=O)c1cc(C[C@H](N)C(=O)OCCNCc2ccccc2)ccc1O. The van der Waals surface area contributed by atoms with Crippen molar-refractivity contribution in [2.24, 2.45) is 11.5 Å². The summed E-state index contributed by atoms with van der Waals surface area (Å²) < 4.78 is 5.15. The molecule has 2 aromatic rings. The fraction of sp³-hybridized carbons (Fsp3) is 0.263. The summed E-state index contributed by atoms with van der Waals surface area (Å²) in [7, 11) is 0. The Kier molecular flexibility index (Phi) is 7.13. The largest absolute Gasteiger partial charge is 0.507 e. The van der Waals surface area contributed by atoms with Crippen molar-refractivity contribution in [3.63, 3.8) is 0 Å². The van der Waals surface area contributed by atoms with Crippen molar-refractivity contribution in [1.29, 1.82) is 0 Å². The minimum absolute atomic E-state index is 0.00632. The van der Waals surface area contributed by atoms with Crippen LogP contribution in [0.15, 0.2) is 48.5 Å². The van der Waals surface area contributed by atoms with Gasteiger partial charge in [-0.1, -0.05) is 36.4 Å². The first-order chi connectivity index (χ1) is 12.5. The number of esters is 1. The molecule has 0 spiro atoms. The number of ether oxygens (including phenoxy) is 1. The molecule has 0 aromatic heterocycles. The molecule has 26 heavy (non-hydrogen) atoms. The Balaban J connectivity index is 1.74. The highest BCUT2D eigenvalue weighted by atomic mass is 16.5. The molecule has 6 N–H and O–H groups in total. The highest BCUT2D eigenvalue weighted by Crippen LogP contribution is 2.18. The molecule has 0 saturated carbocycles. The topological polar surface area (TPSA) is 128 Å². The maximum Gasteiger partial charge on any atom is 0.323 e. The Hall–Kier alpha value is -2.90. The minimum atomic E-state index is -0.866. The lowest BCUT2D eigenvalue weighted by Crippen LogP contribution is -2.35. The quantitative estimate of drug-likeness (QED) is 0.386. The van der Waals surface area contributed by atoms with Crippen molar-refractivity contribution in [3.8, 4) is 5.75 Å². The van der Waals surface area contributed by atoms with Crippen molar-refractivity contribution >= 4 is 11.9 Å². The highest BCUT2D eigenvalue weighted by Gasteiger charge is 2.17. The van der Waals surface area contributed by atoms with Gasteiger partial charge in [-0.2, -0.15) is 0 Å². The summed E-state index contributed by atoms with van der Waals surface area (Å²) in [6.45, 7) is 1.41. The van der Waals surface area contributed by atoms with E-state index in [4.69, 9.17) is 16.2 Å². The first kappa shape index (κ1) is 19.4. The molecule has 0 fully saturated rings. The van der Waals surface area contributed by atoms with Gasteiger partial charge in [-0.15, -0.1) is 0 Å². The maximum absolute atomic E-state index is 12.0. The lowest BCUT2D eigenvalue weighted by molar-refractivity contribution is -0.145. The molecule has 2 aromatic carbocycles. The maximum atomic E-state index is 12.0. The van der Waals surface area contributed by atoms with Gasteiger partial charge in [0.25, 0.3) is 5.91 Å². The van der Waals surface area contributed by atoms with Crippen LogP contribution in [0.5, 0.6) is 5.75 Å². The predicted molar refractivity (Wildman–Crippen MR) is 97.4 cm³/mol. The molecule has 0 bridgehead atoms. The van der Waals surface area contributed by atoms with E-state index >= 15 is 0 Å². The van der Waals surface area contributed by atoms with E-state index in [1.807, 2.05) is 30.3 Å². The second kappa shape index (κ2) is 9.55. The number of carbonyl (C=O) groups excluding carboxylic acids is 2. The molecule has 7 heteroatoms. The molecule has 1 atom stereocenters. The fourth-order valence-corrected chi connectivity index (χ4v) is 2.40. The van der Waals surface area contributed by atoms with Crippen molar-refractivity contribution in [3.05, 3.63) is 65.2 Å². The average Bonchev–Trinajstić information content (AvgIpc) is 2.63. The van der Waals surface area contributed by atoms with Crippen LogP contribution in [0.1, 0.15) is 21.5 Å². The zero-order valence-corrected chi connectivity index (χ0v) is 14.4. The number of nitrogens with two attached hydrogens (primary N) is 2. The van der Waals surface area contributed by atoms with Crippen LogP contribution in [0.2, 0.25) is 0 Å². The van der Waals surface area contributed by atoms with E-state index in [1.165, 1.54) is 12.1 Å². The average molecular weight is 357 g/mol. The van der Waals surface area contributed by atoms with Crippen LogP contribution in [0, 0.1) is 0 Å². The minimum Gasteiger partial charge on any atom is -0.507 e. The summed E-state index contributed by atoms with van der Waals surface area (Å²) >= 11 is 0. The van der Waals surface area contributed by atoms with Gasteiger partial charge < -0.3 is 26.6 Å². The number of hydrogen-bond donors (Lipinski definition) is 4. The Morgan fingerprint density at radius 1 is 1.12 bits per heavy atom. The number of phenols is 1. The van der Waals surface area contributed by atoms with Gasteiger partial charge in [-0.25, -0.2) is 0 Å². The van der Waals surface area contributed by atoms with E-state index in [0.29, 0.717) is 18.7 Å². The molecule has 0 aliphatic carbocycles. The van der Waals surface area contributed by atoms with Crippen LogP contribution in [0.25, 0.3) is 0 Å². The molecule has 0 aliphatic rings. The zero-order valence-electron chi connectivity index (χ0n) is 14.4. The normalized spacial score (nSPS) is 11.7. The second-order valence-corrected chi connectivity index (χ2v) is 5.86. The molecule has 0 heterocycles. The van der Waals surface area contributed by atoms with Gasteiger partial charge >= 0.3 is 5.97 Å². The summed E-state index contributed by atoms with van der Waals surface area (Å²) in [6, 6.07) is 13.4. The number of aromatic hydroxyl groups is 1. The monoisotopic (exact) mass is 357 g/mol. The van der Waals surface area contributed by atoms with Crippen molar-refractivity contribution in [2.75, 3.05) is 13.2 Å². The van der Waals surface area contributed by atoms with E-state index in [0.717, 1.165) is 5.56 Å². The molecule has 1 amide bonds. The number of primary amides is 1. The number of nitrogens with one attached hydrogen (secondary N) is 1. The summed E-state index contributed by atoms with van der Waals surface area (Å²) in [5.74, 6) is -1.48. The van der Waals surface area contributed by atoms with Crippen LogP contribution >= 0.6 is 0 Å². The van der Waals surface area contributed by atoms with E-state index in [2.05, 4.69) is 5.32 Å². The molecule has 138 valence electrons. The van der Waals surface area contributed by atoms with Crippen molar-refractivity contribution < 1.29 is 19.4 Å². The lowest BCUT2D eigenvalue weighted by atomic mass is 10.0. The van der Waals surface area contributed by atoms with Crippen molar-refractivity contribution in [2.45, 2.75) is 19.0 Å². The molecular formula is C19H23N3O4. The number of hydrogen-bond acceptors (Lipinski definition) is 6. The van der Waals surface area contributed by atoms with Gasteiger partial charge in [0.15, 0.2) is 0 Å². The summed E-state index contributed by atoms with van der Waals surface area (Å²) in [5.41, 5.74) is 12.8. The molecule has 2 rings (SSSR count). The van der Waals surface area contributed by atoms with Gasteiger partial charge in [-0.05, 0) is 29.7 Å². The van der Waals surface area contributed by atoms with Gasteiger partial charge in [0.2, 0.25) is 0 Å². The molecule has 0 saturated heterocycles. The van der Waals surface area contributed by atoms with Gasteiger partial charge in [0.1, 0.15) is 18.4 Å². The number of carbonyl (C=O) groups is 2. The van der Waals surface area contributed by atoms with Crippen molar-refractivity contribution in [1.82, 2.24) is 5.32 Å². The Labute approximate surface area is 152 Å². The third-order valence-corrected chi connectivity index (χ3v) is 3.78. The van der Waals surface area contributed by atoms with E-state index < -0.39 is 17.9 Å². The van der Waals surface area contributed by atoms with E-state index in [1.54, 1.807) is 6.07 Å². The fourth-order valence-electron chi connectivity index (χ4n) is 2.40. The standard InChI is InChI=1S/C19H23N3O4/c20-16(11-14-6-7-17(23)15(10-14)18(21)24)19(25)26-9-8-22-12-13-4-2-1-3-5-13/h1-7,10,16,22-23H,8-9,11-12,20H2,(H2,21,24)/t16-/m0/s1. The van der Waals surface area contributed by atoms with Gasteiger partial charge in [0, 0.05) is 13.1 Å². The van der Waals surface area contributed by atoms with Gasteiger partial charge in [-0.3, -0.25) is 9.59 Å². The number of benzene rings is 2. The third-order valence-electron chi connectivity index (χ3n) is 3.78. The van der Waals surface area contributed by atoms with Crippen LogP contribution in [-0.2, 0) is 22.5 Å². The smallest absolute Gasteiger partial charge is 0.323 e. The first-order valence-electron chi connectivity index (χ1n) is 8.26. The zero-order chi connectivity index (χ0) is 18.9. The first-order valence-corrected chi connectivity index (χ1v) is 8.26. The molecule has 0 radical (unpaired) electrons. The van der Waals surface area contributed by atoms with Crippen LogP contribution < -0.4 is 16.8 Å². The van der Waals surface area contributed by atoms with E-state index in [-0.39, 0.29) is 24.3 Å². The summed E-state index contributed by atoms with van der Waals surface area (Å²) in [4.78, 5) is 23.2. The Morgan fingerprint density at radius 3 is 2.54 bits per heavy atom. The summed E-state index contributed by atoms with van der Waals surface area (Å²) in [5, 5.41) is 12.7. The van der Waals surface area contributed by atoms with Crippen LogP contribution in [0.4, 0.5) is 0 Å². The number of rotatable bonds is 9. The Morgan fingerprint density at radius 2 is 1.85 bits per heavy atom. The third kappa shape index (κ3) is 5.87. The molecule has 0 unspecified atom stereocenters. The van der Waals surface area contributed by atoms with E-state index in [9.17, 15) is 14.7 Å². The van der Waals surface area contributed by atoms with Crippen LogP contribution in [-0.4, -0.2) is 36.2 Å². The molecule has 7 nitrogen and oxygen atoms in total. The summed E-state index contributed by atoms with van der Waals surface area (Å²) in [6.07, 6.45) is 0.177. The lowest BCUT2D eigenvalue weighted by Gasteiger charge is -2.13. The Bertz CT molecular complexity index is 750. The molecular weight excluding hydrogens is 334 g/mol. The van der Waals surface area contributed by atoms with Crippen LogP contribution in [0.3, 0.4) is 0 Å². The molecule has 0 aliphatic heterocycles. The number of amides is 1.